The van der Waals surface area contributed by atoms with Gasteiger partial charge in [-0.15, -0.1) is 12.3 Å². The van der Waals surface area contributed by atoms with Gasteiger partial charge in [-0.3, -0.25) is 14.4 Å². The summed E-state index contributed by atoms with van der Waals surface area (Å²) in [6.45, 7) is 3.49. The van der Waals surface area contributed by atoms with Crippen molar-refractivity contribution < 1.29 is 22.9 Å². The summed E-state index contributed by atoms with van der Waals surface area (Å²) in [6.07, 6.45) is 7.37. The number of rotatable bonds is 7. The number of terminal acetylenes is 1. The predicted molar refractivity (Wildman–Crippen MR) is 126 cm³/mol. The van der Waals surface area contributed by atoms with Crippen molar-refractivity contribution >= 4 is 21.7 Å². The van der Waals surface area contributed by atoms with Crippen molar-refractivity contribution in [1.82, 2.24) is 0 Å². The number of benzene rings is 2. The Morgan fingerprint density at radius 3 is 2.53 bits per heavy atom. The Kier molecular flexibility index (Phi) is 5.96. The molecule has 1 aliphatic carbocycles. The van der Waals surface area contributed by atoms with Crippen molar-refractivity contribution in [1.29, 1.82) is 0 Å². The van der Waals surface area contributed by atoms with E-state index < -0.39 is 38.4 Å². The van der Waals surface area contributed by atoms with Crippen molar-refractivity contribution in [2.24, 2.45) is 5.92 Å². The third-order valence-corrected chi connectivity index (χ3v) is 8.25. The second kappa shape index (κ2) is 8.61. The monoisotopic (exact) mass is 480 g/mol. The van der Waals surface area contributed by atoms with Gasteiger partial charge in [0.25, 0.3) is 15.6 Å². The molecule has 8 nitrogen and oxygen atoms in total. The van der Waals surface area contributed by atoms with Crippen molar-refractivity contribution in [2.75, 3.05) is 10.9 Å². The molecule has 0 amide bonds. The molecule has 176 valence electrons. The second-order valence-corrected chi connectivity index (χ2v) is 10.1. The van der Waals surface area contributed by atoms with Crippen molar-refractivity contribution in [3.05, 3.63) is 81.4 Å². The summed E-state index contributed by atoms with van der Waals surface area (Å²) in [5.41, 5.74) is -0.688. The first-order valence-electron chi connectivity index (χ1n) is 10.9. The molecule has 2 aliphatic rings. The van der Waals surface area contributed by atoms with Gasteiger partial charge < -0.3 is 4.74 Å². The van der Waals surface area contributed by atoms with Crippen LogP contribution in [-0.4, -0.2) is 32.0 Å². The van der Waals surface area contributed by atoms with E-state index in [2.05, 4.69) is 5.92 Å². The van der Waals surface area contributed by atoms with Crippen LogP contribution in [0.1, 0.15) is 30.9 Å². The summed E-state index contributed by atoms with van der Waals surface area (Å²) < 4.78 is 34.1. The lowest BCUT2D eigenvalue weighted by Gasteiger charge is -2.31. The largest absolute Gasteiger partial charge is 0.463 e. The molecule has 0 spiro atoms. The lowest BCUT2D eigenvalue weighted by Crippen LogP contribution is -2.53. The molecule has 0 radical (unpaired) electrons. The van der Waals surface area contributed by atoms with Gasteiger partial charge >= 0.3 is 5.97 Å². The highest BCUT2D eigenvalue weighted by molar-refractivity contribution is 7.93. The normalized spacial score (nSPS) is 23.0. The Bertz CT molecular complexity index is 1330. The molecular weight excluding hydrogens is 456 g/mol. The number of carbonyl (C=O) groups excluding carboxylic acids is 1. The van der Waals surface area contributed by atoms with E-state index in [0.29, 0.717) is 0 Å². The number of aryl methyl sites for hydroxylation is 1. The molecule has 2 aromatic carbocycles. The summed E-state index contributed by atoms with van der Waals surface area (Å²) in [5.74, 6) is 0.914. The van der Waals surface area contributed by atoms with E-state index in [1.165, 1.54) is 24.3 Å². The minimum atomic E-state index is -4.28. The van der Waals surface area contributed by atoms with E-state index >= 15 is 0 Å². The first kappa shape index (κ1) is 23.5. The molecule has 0 saturated carbocycles. The number of fused-ring (bicyclic) bond motifs is 3. The molecule has 4 rings (SSSR count). The van der Waals surface area contributed by atoms with Crippen LogP contribution in [0.25, 0.3) is 0 Å². The molecule has 0 N–H and O–H groups in total. The van der Waals surface area contributed by atoms with Gasteiger partial charge in [-0.05, 0) is 44.5 Å². The van der Waals surface area contributed by atoms with Crippen LogP contribution in [0.4, 0.5) is 5.69 Å². The van der Waals surface area contributed by atoms with Gasteiger partial charge in [0, 0.05) is 11.3 Å². The number of para-hydroxylation sites is 1. The number of anilines is 1. The molecule has 34 heavy (non-hydrogen) atoms. The molecule has 0 saturated heterocycles. The number of hydrogen-bond donors (Lipinski definition) is 0. The summed E-state index contributed by atoms with van der Waals surface area (Å²) in [6, 6.07) is 11.2. The molecule has 0 unspecified atom stereocenters. The Balaban J connectivity index is 2.01. The van der Waals surface area contributed by atoms with Gasteiger partial charge in [0.1, 0.15) is 0 Å². The molecule has 1 aliphatic heterocycles. The molecule has 2 aromatic rings. The van der Waals surface area contributed by atoms with Crippen LogP contribution in [-0.2, 0) is 25.1 Å². The van der Waals surface area contributed by atoms with E-state index in [1.54, 1.807) is 37.3 Å². The van der Waals surface area contributed by atoms with Crippen LogP contribution in [0.3, 0.4) is 0 Å². The van der Waals surface area contributed by atoms with Crippen molar-refractivity contribution in [3.8, 4) is 12.3 Å². The number of ether oxygens (including phenoxy) is 1. The lowest BCUT2D eigenvalue weighted by molar-refractivity contribution is -0.586. The van der Waals surface area contributed by atoms with E-state index in [1.807, 2.05) is 6.92 Å². The number of nitro groups is 1. The molecule has 3 atom stereocenters. The average molecular weight is 481 g/mol. The van der Waals surface area contributed by atoms with Gasteiger partial charge in [-0.1, -0.05) is 35.9 Å². The maximum atomic E-state index is 14.0. The van der Waals surface area contributed by atoms with Crippen LogP contribution in [0.15, 0.2) is 65.1 Å². The van der Waals surface area contributed by atoms with E-state index in [9.17, 15) is 23.3 Å². The zero-order valence-electron chi connectivity index (χ0n) is 18.8. The molecular formula is C25H24N2O6S. The molecule has 0 bridgehead atoms. The van der Waals surface area contributed by atoms with Gasteiger partial charge in [0.2, 0.25) is 0 Å². The number of nitrogens with zero attached hydrogens (tertiary/aromatic N) is 2. The fourth-order valence-corrected chi connectivity index (χ4v) is 6.71. The third-order valence-electron chi connectivity index (χ3n) is 6.46. The maximum absolute atomic E-state index is 14.0. The molecule has 1 heterocycles. The highest BCUT2D eigenvalue weighted by Crippen LogP contribution is 2.58. The molecule has 0 fully saturated rings. The highest BCUT2D eigenvalue weighted by Gasteiger charge is 2.71. The van der Waals surface area contributed by atoms with Crippen LogP contribution in [0, 0.1) is 35.3 Å². The maximum Gasteiger partial charge on any atom is 0.336 e. The summed E-state index contributed by atoms with van der Waals surface area (Å²) in [4.78, 5) is 25.4. The van der Waals surface area contributed by atoms with E-state index in [0.717, 1.165) is 9.87 Å². The summed E-state index contributed by atoms with van der Waals surface area (Å²) in [5, 5.41) is 12.9. The van der Waals surface area contributed by atoms with Gasteiger partial charge in [0.15, 0.2) is 6.04 Å². The second-order valence-electron chi connectivity index (χ2n) is 8.31. The zero-order valence-corrected chi connectivity index (χ0v) is 19.6. The number of carbonyl (C=O) groups is 1. The van der Waals surface area contributed by atoms with Crippen LogP contribution < -0.4 is 4.31 Å². The van der Waals surface area contributed by atoms with Gasteiger partial charge in [0.05, 0.1) is 34.2 Å². The Labute approximate surface area is 198 Å². The standard InChI is InChI=1S/C25H24N2O6S/c1-4-6-9-18-16-20(24(28)33-5-2)23-25(18,27(29)30)21-10-7-8-11-22(21)26(23)34(31,32)19-14-12-17(3)13-15-19/h1,7-8,10-16,18,23H,5-6,9H2,2-3H3/t18-,23-,25-/m1/s1. The van der Waals surface area contributed by atoms with Crippen LogP contribution >= 0.6 is 0 Å². The highest BCUT2D eigenvalue weighted by atomic mass is 32.2. The first-order chi connectivity index (χ1) is 16.2. The summed E-state index contributed by atoms with van der Waals surface area (Å²) >= 11 is 0. The number of sulfonamides is 1. The first-order valence-corrected chi connectivity index (χ1v) is 12.3. The molecule has 9 heteroatoms. The third kappa shape index (κ3) is 3.29. The van der Waals surface area contributed by atoms with Crippen molar-refractivity contribution in [2.45, 2.75) is 43.2 Å². The van der Waals surface area contributed by atoms with E-state index in [-0.39, 0.29) is 41.2 Å². The van der Waals surface area contributed by atoms with Gasteiger partial charge in [-0.2, -0.15) is 0 Å². The smallest absolute Gasteiger partial charge is 0.336 e. The summed E-state index contributed by atoms with van der Waals surface area (Å²) in [7, 11) is -4.28. The minimum absolute atomic E-state index is 0.0256. The van der Waals surface area contributed by atoms with Crippen LogP contribution in [0.2, 0.25) is 0 Å². The van der Waals surface area contributed by atoms with Gasteiger partial charge in [-0.25, -0.2) is 13.2 Å². The van der Waals surface area contributed by atoms with Crippen LogP contribution in [0.5, 0.6) is 0 Å². The fourth-order valence-electron chi connectivity index (χ4n) is 5.03. The Morgan fingerprint density at radius 2 is 1.91 bits per heavy atom. The Morgan fingerprint density at radius 1 is 1.24 bits per heavy atom. The predicted octanol–water partition coefficient (Wildman–Crippen LogP) is 3.58. The number of esters is 1. The SMILES string of the molecule is C#CCC[C@@H]1C=C(C(=O)OCC)[C@H]2N(S(=O)(=O)c3ccc(C)cc3)c3ccccc3[C@]12[N+](=O)[O-]. The number of hydrogen-bond acceptors (Lipinski definition) is 6. The average Bonchev–Trinajstić information content (AvgIpc) is 3.30. The Hall–Kier alpha value is -3.64. The minimum Gasteiger partial charge on any atom is -0.463 e. The quantitative estimate of drug-likeness (QED) is 0.260. The zero-order chi connectivity index (χ0) is 24.7. The topological polar surface area (TPSA) is 107 Å². The fraction of sp³-hybridized carbons (Fsp3) is 0.320. The molecule has 0 aromatic heterocycles. The lowest BCUT2D eigenvalue weighted by atomic mass is 9.77. The van der Waals surface area contributed by atoms with Crippen molar-refractivity contribution in [3.63, 3.8) is 0 Å². The van der Waals surface area contributed by atoms with E-state index in [4.69, 9.17) is 11.2 Å².